The standard InChI is InChI=1S/C32H32ClFN4O5S/c1-40-29-19-23-26(20-30(29)42-14-4-11-38-12-15-41-16-13-38)35-10-9-27(23)43-28-8-7-22(18-25(28)34)36-32(44)37-31(39)17-21-5-2-3-6-24(21)33/h2-3,5-10,18-20H,4,11-17H2,1H3,(H2,36,37,39,44). The Bertz CT molecular complexity index is 1640. The smallest absolute Gasteiger partial charge is 0.230 e. The molecule has 9 nitrogen and oxygen atoms in total. The number of aromatic nitrogens is 1. The number of nitrogens with zero attached hydrogens (tertiary/aromatic N) is 2. The highest BCUT2D eigenvalue weighted by molar-refractivity contribution is 7.80. The fourth-order valence-electron chi connectivity index (χ4n) is 4.71. The second kappa shape index (κ2) is 15.1. The van der Waals surface area contributed by atoms with Crippen LogP contribution in [0.1, 0.15) is 12.0 Å². The molecule has 2 heterocycles. The van der Waals surface area contributed by atoms with E-state index in [2.05, 4.69) is 20.5 Å². The summed E-state index contributed by atoms with van der Waals surface area (Å²) in [5.74, 6) is 0.512. The van der Waals surface area contributed by atoms with Crippen LogP contribution < -0.4 is 24.8 Å². The molecule has 230 valence electrons. The number of amides is 1. The van der Waals surface area contributed by atoms with Crippen molar-refractivity contribution < 1.29 is 28.1 Å². The molecule has 0 bridgehead atoms. The Hall–Kier alpha value is -4.03. The van der Waals surface area contributed by atoms with Crippen molar-refractivity contribution >= 4 is 51.4 Å². The molecule has 1 amide bonds. The minimum Gasteiger partial charge on any atom is -0.493 e. The molecule has 5 rings (SSSR count). The molecule has 2 N–H and O–H groups in total. The first-order valence-electron chi connectivity index (χ1n) is 14.1. The van der Waals surface area contributed by atoms with E-state index in [-0.39, 0.29) is 23.2 Å². The van der Waals surface area contributed by atoms with Crippen molar-refractivity contribution in [1.82, 2.24) is 15.2 Å². The van der Waals surface area contributed by atoms with Crippen LogP contribution in [0.2, 0.25) is 5.02 Å². The molecule has 0 saturated carbocycles. The molecule has 0 radical (unpaired) electrons. The van der Waals surface area contributed by atoms with Gasteiger partial charge in [0, 0.05) is 54.1 Å². The number of morpholine rings is 1. The summed E-state index contributed by atoms with van der Waals surface area (Å²) in [6, 6.07) is 16.6. The summed E-state index contributed by atoms with van der Waals surface area (Å²) in [6.45, 7) is 4.85. The number of nitrogens with one attached hydrogen (secondary N) is 2. The number of halogens is 2. The van der Waals surface area contributed by atoms with Crippen LogP contribution in [0, 0.1) is 5.82 Å². The van der Waals surface area contributed by atoms with Gasteiger partial charge in [0.15, 0.2) is 28.2 Å². The Kier molecular flexibility index (Phi) is 10.8. The third-order valence-electron chi connectivity index (χ3n) is 6.94. The molecule has 3 aromatic carbocycles. The summed E-state index contributed by atoms with van der Waals surface area (Å²) in [6.07, 6.45) is 2.50. The molecule has 1 aliphatic rings. The minimum atomic E-state index is -0.627. The average Bonchev–Trinajstić information content (AvgIpc) is 3.02. The summed E-state index contributed by atoms with van der Waals surface area (Å²) in [5, 5.41) is 6.55. The monoisotopic (exact) mass is 638 g/mol. The third-order valence-corrected chi connectivity index (χ3v) is 7.51. The number of hydrogen-bond donors (Lipinski definition) is 2. The predicted octanol–water partition coefficient (Wildman–Crippen LogP) is 5.99. The predicted molar refractivity (Wildman–Crippen MR) is 172 cm³/mol. The Morgan fingerprint density at radius 1 is 1.07 bits per heavy atom. The number of anilines is 1. The van der Waals surface area contributed by atoms with Crippen LogP contribution in [-0.4, -0.2) is 67.5 Å². The zero-order valence-corrected chi connectivity index (χ0v) is 25.7. The second-order valence-corrected chi connectivity index (χ2v) is 10.8. The number of benzene rings is 3. The van der Waals surface area contributed by atoms with Crippen molar-refractivity contribution in [2.24, 2.45) is 0 Å². The lowest BCUT2D eigenvalue weighted by Gasteiger charge is -2.26. The van der Waals surface area contributed by atoms with Gasteiger partial charge < -0.3 is 29.6 Å². The van der Waals surface area contributed by atoms with Gasteiger partial charge in [0.25, 0.3) is 0 Å². The molecule has 0 atom stereocenters. The normalized spacial score (nSPS) is 13.3. The molecule has 1 aliphatic heterocycles. The van der Waals surface area contributed by atoms with E-state index in [1.54, 1.807) is 61.8 Å². The molecule has 1 saturated heterocycles. The van der Waals surface area contributed by atoms with E-state index in [0.29, 0.717) is 51.0 Å². The van der Waals surface area contributed by atoms with E-state index in [1.165, 1.54) is 12.1 Å². The number of rotatable bonds is 11. The summed E-state index contributed by atoms with van der Waals surface area (Å²) < 4.78 is 38.1. The van der Waals surface area contributed by atoms with Gasteiger partial charge in [-0.1, -0.05) is 29.8 Å². The van der Waals surface area contributed by atoms with Gasteiger partial charge in [-0.05, 0) is 54.5 Å². The van der Waals surface area contributed by atoms with E-state index >= 15 is 4.39 Å². The van der Waals surface area contributed by atoms with Crippen molar-refractivity contribution in [2.45, 2.75) is 12.8 Å². The number of carbonyl (C=O) groups is 1. The van der Waals surface area contributed by atoms with Crippen LogP contribution in [0.15, 0.2) is 66.9 Å². The van der Waals surface area contributed by atoms with Crippen molar-refractivity contribution in [3.05, 3.63) is 83.3 Å². The Balaban J connectivity index is 1.20. The largest absolute Gasteiger partial charge is 0.493 e. The van der Waals surface area contributed by atoms with E-state index in [1.807, 2.05) is 0 Å². The highest BCUT2D eigenvalue weighted by Gasteiger charge is 2.16. The SMILES string of the molecule is COc1cc2c(Oc3ccc(NC(=S)NC(=O)Cc4ccccc4Cl)cc3F)ccnc2cc1OCCCN1CCOCC1. The number of thiocarbonyl (C=S) groups is 1. The van der Waals surface area contributed by atoms with Gasteiger partial charge in [-0.2, -0.15) is 0 Å². The Labute approximate surface area is 265 Å². The van der Waals surface area contributed by atoms with Gasteiger partial charge in [0.1, 0.15) is 5.75 Å². The van der Waals surface area contributed by atoms with Gasteiger partial charge in [0.05, 0.1) is 38.9 Å². The maximum atomic E-state index is 15.1. The van der Waals surface area contributed by atoms with Crippen LogP contribution in [0.3, 0.4) is 0 Å². The van der Waals surface area contributed by atoms with Crippen molar-refractivity contribution in [3.63, 3.8) is 0 Å². The topological polar surface area (TPSA) is 94.2 Å². The molecular weight excluding hydrogens is 607 g/mol. The first-order valence-corrected chi connectivity index (χ1v) is 14.9. The van der Waals surface area contributed by atoms with Gasteiger partial charge in [0.2, 0.25) is 5.91 Å². The highest BCUT2D eigenvalue weighted by Crippen LogP contribution is 2.38. The molecule has 1 aromatic heterocycles. The van der Waals surface area contributed by atoms with Crippen molar-refractivity contribution in [2.75, 3.05) is 51.9 Å². The zero-order chi connectivity index (χ0) is 30.9. The number of ether oxygens (including phenoxy) is 4. The van der Waals surface area contributed by atoms with Crippen LogP contribution in [0.25, 0.3) is 10.9 Å². The summed E-state index contributed by atoms with van der Waals surface area (Å²) in [4.78, 5) is 19.2. The van der Waals surface area contributed by atoms with Gasteiger partial charge in [-0.15, -0.1) is 0 Å². The van der Waals surface area contributed by atoms with Gasteiger partial charge >= 0.3 is 0 Å². The molecule has 0 unspecified atom stereocenters. The first-order chi connectivity index (χ1) is 21.4. The summed E-state index contributed by atoms with van der Waals surface area (Å²) in [7, 11) is 1.56. The molecule has 1 fully saturated rings. The molecule has 0 spiro atoms. The Morgan fingerprint density at radius 3 is 2.66 bits per heavy atom. The lowest BCUT2D eigenvalue weighted by molar-refractivity contribution is -0.119. The van der Waals surface area contributed by atoms with Crippen LogP contribution in [0.5, 0.6) is 23.0 Å². The second-order valence-electron chi connectivity index (χ2n) is 10.0. The molecule has 4 aromatic rings. The first kappa shape index (κ1) is 31.4. The van der Waals surface area contributed by atoms with Crippen molar-refractivity contribution in [3.8, 4) is 23.0 Å². The third kappa shape index (κ3) is 8.32. The van der Waals surface area contributed by atoms with Crippen LogP contribution in [-0.2, 0) is 16.0 Å². The number of pyridine rings is 1. The van der Waals surface area contributed by atoms with Gasteiger partial charge in [-0.3, -0.25) is 14.7 Å². The van der Waals surface area contributed by atoms with E-state index in [4.69, 9.17) is 42.8 Å². The van der Waals surface area contributed by atoms with E-state index in [9.17, 15) is 4.79 Å². The minimum absolute atomic E-state index is 0.000806. The van der Waals surface area contributed by atoms with Crippen LogP contribution in [0.4, 0.5) is 10.1 Å². The lowest BCUT2D eigenvalue weighted by Crippen LogP contribution is -2.37. The lowest BCUT2D eigenvalue weighted by atomic mass is 10.1. The molecule has 44 heavy (non-hydrogen) atoms. The summed E-state index contributed by atoms with van der Waals surface area (Å²) >= 11 is 11.4. The quantitative estimate of drug-likeness (QED) is 0.152. The number of fused-ring (bicyclic) bond motifs is 1. The number of carbonyl (C=O) groups excluding carboxylic acids is 1. The summed E-state index contributed by atoms with van der Waals surface area (Å²) in [5.41, 5.74) is 1.63. The zero-order valence-electron chi connectivity index (χ0n) is 24.1. The maximum Gasteiger partial charge on any atom is 0.230 e. The molecule has 0 aliphatic carbocycles. The van der Waals surface area contributed by atoms with E-state index in [0.717, 1.165) is 39.3 Å². The van der Waals surface area contributed by atoms with Crippen molar-refractivity contribution in [1.29, 1.82) is 0 Å². The fourth-order valence-corrected chi connectivity index (χ4v) is 5.15. The maximum absolute atomic E-state index is 15.1. The van der Waals surface area contributed by atoms with Crippen LogP contribution >= 0.6 is 23.8 Å². The van der Waals surface area contributed by atoms with Gasteiger partial charge in [-0.25, -0.2) is 4.39 Å². The Morgan fingerprint density at radius 2 is 1.89 bits per heavy atom. The average molecular weight is 639 g/mol. The number of hydrogen-bond acceptors (Lipinski definition) is 8. The number of methoxy groups -OCH3 is 1. The molecule has 12 heteroatoms. The molecular formula is C32H32ClFN4O5S. The fraction of sp³-hybridized carbons (Fsp3) is 0.281. The highest BCUT2D eigenvalue weighted by atomic mass is 35.5. The van der Waals surface area contributed by atoms with E-state index < -0.39 is 5.82 Å².